The minimum atomic E-state index is -1.63. The van der Waals surface area contributed by atoms with Crippen molar-refractivity contribution in [3.63, 3.8) is 0 Å². The van der Waals surface area contributed by atoms with Gasteiger partial charge in [-0.1, -0.05) is 116 Å². The van der Waals surface area contributed by atoms with Gasteiger partial charge in [0.25, 0.3) is 17.5 Å². The van der Waals surface area contributed by atoms with Gasteiger partial charge in [0.2, 0.25) is 0 Å². The molecule has 149 heavy (non-hydrogen) atoms. The van der Waals surface area contributed by atoms with E-state index >= 15 is 0 Å². The SMILES string of the molecule is CCN1/C(=C/C2=C(SCc3ccc(O[C@@H]4C(CO)O[C@H](O)C(O)[C@@H]4O)cc3)C(=C\c3n(CC)c4ccccc4[n+]3CCOC)/C2=O)N(CCOC)c2ccccc21.CCN1C(=CC2=C(SCC(=O)C3CCCCC3)C(=Cc3n(CC)c4ccccc4[n+]3CCOC)C2=O)N(CCOC)c2ccccc21.CCN1C(=CC2=C(SCc3ccc(SC)cc3)C(=Cc3n(CC)c4ccccc4[n+]3CCO)C2=O)N(CCO)c2ccccc21. The molecule has 0 radical (unpaired) electrons. The zero-order valence-electron chi connectivity index (χ0n) is 86.8. The van der Waals surface area contributed by atoms with E-state index in [1.807, 2.05) is 109 Å². The molecule has 32 heteroatoms. The number of β-amino-alcohol motifs (C(OH)–C–C–N with tert-alkyl or cyclic N) is 1. The van der Waals surface area contributed by atoms with Crippen LogP contribution < -0.4 is 47.8 Å². The number of carbonyl (C=O) groups excluding carboxylic acids is 4. The Morgan fingerprint density at radius 2 is 0.772 bits per heavy atom. The molecular weight excluding hydrogens is 1960 g/mol. The summed E-state index contributed by atoms with van der Waals surface area (Å²) in [6.07, 6.45) is 12.8. The number of fused-ring (bicyclic) bond motifs is 6. The number of nitrogens with zero attached hydrogens (tertiary/aromatic N) is 12. The Balaban J connectivity index is 0.000000154. The summed E-state index contributed by atoms with van der Waals surface area (Å²) >= 11 is 6.53. The molecule has 28 nitrogen and oxygen atoms in total. The van der Waals surface area contributed by atoms with E-state index in [9.17, 15) is 49.8 Å². The number of aryl methyl sites for hydroxylation is 3. The molecule has 0 bridgehead atoms. The van der Waals surface area contributed by atoms with Gasteiger partial charge in [0.15, 0.2) is 62.8 Å². The molecule has 0 amide bonds. The van der Waals surface area contributed by atoms with Gasteiger partial charge < -0.3 is 88.5 Å². The molecule has 8 aliphatic rings. The van der Waals surface area contributed by atoms with Crippen molar-refractivity contribution in [1.29, 1.82) is 0 Å². The molecule has 7 heterocycles. The number of aliphatic hydroxyl groups excluding tert-OH is 6. The number of Topliss-reactive ketones (excluding diaryl/α,β-unsaturated/α-hetero) is 4. The third-order valence-electron chi connectivity index (χ3n) is 28.7. The number of ketones is 4. The molecule has 8 aromatic carbocycles. The highest BCUT2D eigenvalue weighted by molar-refractivity contribution is 8.04. The molecule has 782 valence electrons. The minimum Gasteiger partial charge on any atom is -0.485 e. The second kappa shape index (κ2) is 50.3. The van der Waals surface area contributed by atoms with Crippen molar-refractivity contribution in [2.45, 2.75) is 160 Å². The zero-order valence-corrected chi connectivity index (χ0v) is 90.0. The number of aromatic nitrogens is 6. The molecule has 3 aromatic heterocycles. The van der Waals surface area contributed by atoms with Crippen LogP contribution in [-0.4, -0.2) is 224 Å². The monoisotopic (exact) mass is 2090 g/mol. The highest BCUT2D eigenvalue weighted by atomic mass is 32.2. The Bertz CT molecular complexity index is 7030. The maximum absolute atomic E-state index is 14.5. The molecule has 2 unspecified atom stereocenters. The van der Waals surface area contributed by atoms with E-state index in [2.05, 4.69) is 214 Å². The predicted molar refractivity (Wildman–Crippen MR) is 595 cm³/mol. The molecule has 4 aliphatic heterocycles. The second-order valence-electron chi connectivity index (χ2n) is 37.2. The van der Waals surface area contributed by atoms with Gasteiger partial charge in [-0.15, -0.1) is 47.0 Å². The number of anilines is 6. The van der Waals surface area contributed by atoms with Gasteiger partial charge >= 0.3 is 0 Å². The molecule has 5 atom stereocenters. The van der Waals surface area contributed by atoms with Crippen LogP contribution in [0, 0.1) is 5.92 Å². The second-order valence-corrected chi connectivity index (χ2v) is 41.0. The predicted octanol–water partition coefficient (Wildman–Crippen LogP) is 16.3. The maximum atomic E-state index is 14.5. The highest BCUT2D eigenvalue weighted by Crippen LogP contribution is 2.52. The van der Waals surface area contributed by atoms with Gasteiger partial charge in [-0.2, -0.15) is 0 Å². The average Bonchev–Trinajstić information content (AvgIpc) is 1.64. The normalized spacial score (nSPS) is 19.8. The lowest BCUT2D eigenvalue weighted by molar-refractivity contribution is -0.675. The molecule has 1 saturated heterocycles. The number of carbonyl (C=O) groups is 4. The van der Waals surface area contributed by atoms with E-state index in [0.717, 1.165) is 180 Å². The number of rotatable bonds is 42. The van der Waals surface area contributed by atoms with Gasteiger partial charge in [-0.05, 0) is 187 Å². The van der Waals surface area contributed by atoms with Crippen molar-refractivity contribution in [3.05, 3.63) is 307 Å². The number of hydrogen-bond donors (Lipinski definition) is 6. The lowest BCUT2D eigenvalue weighted by atomic mass is 9.87. The van der Waals surface area contributed by atoms with Crippen molar-refractivity contribution in [2.24, 2.45) is 5.92 Å². The average molecular weight is 2100 g/mol. The zero-order chi connectivity index (χ0) is 105. The van der Waals surface area contributed by atoms with Crippen LogP contribution in [0.15, 0.2) is 283 Å². The van der Waals surface area contributed by atoms with Gasteiger partial charge in [0.05, 0.1) is 106 Å². The van der Waals surface area contributed by atoms with Gasteiger partial charge in [0.1, 0.15) is 66.9 Å². The maximum Gasteiger partial charge on any atom is 0.283 e. The summed E-state index contributed by atoms with van der Waals surface area (Å²) in [7, 11) is 6.81. The molecule has 11 aromatic rings. The molecule has 6 N–H and O–H groups in total. The van der Waals surface area contributed by atoms with E-state index < -0.39 is 37.3 Å². The fraction of sp³-hybridized carbons (Fsp3) is 0.376. The van der Waals surface area contributed by atoms with Crippen molar-refractivity contribution in [2.75, 3.05) is 155 Å². The first-order valence-corrected chi connectivity index (χ1v) is 55.9. The van der Waals surface area contributed by atoms with Crippen LogP contribution in [0.25, 0.3) is 51.3 Å². The summed E-state index contributed by atoms with van der Waals surface area (Å²) in [5, 5.41) is 60.3. The first-order valence-electron chi connectivity index (χ1n) is 51.7. The third-order valence-corrected chi connectivity index (χ3v) is 33.0. The summed E-state index contributed by atoms with van der Waals surface area (Å²) < 4.78 is 46.4. The Labute approximate surface area is 888 Å². The molecule has 2 fully saturated rings. The fourth-order valence-corrected chi connectivity index (χ4v) is 25.0. The number of ether oxygens (including phenoxy) is 6. The molecule has 19 rings (SSSR count). The first kappa shape index (κ1) is 108. The lowest BCUT2D eigenvalue weighted by Gasteiger charge is -2.40. The van der Waals surface area contributed by atoms with Crippen molar-refractivity contribution < 1.29 is 91.9 Å². The number of thioether (sulfide) groups is 4. The van der Waals surface area contributed by atoms with Crippen molar-refractivity contribution in [3.8, 4) is 5.75 Å². The number of para-hydroxylation sites is 12. The fourth-order valence-electron chi connectivity index (χ4n) is 21.2. The van der Waals surface area contributed by atoms with Crippen molar-refractivity contribution in [1.82, 2.24) is 13.7 Å². The van der Waals surface area contributed by atoms with Gasteiger partial charge in [-0.25, -0.2) is 27.4 Å². The number of allylic oxidation sites excluding steroid dienone is 9. The number of hydrogen-bond acceptors (Lipinski definition) is 26. The summed E-state index contributed by atoms with van der Waals surface area (Å²) in [6, 6.07) is 65.4. The van der Waals surface area contributed by atoms with Gasteiger partial charge in [0, 0.05) is 156 Å². The third kappa shape index (κ3) is 22.3. The lowest BCUT2D eigenvalue weighted by Crippen LogP contribution is -2.60. The highest BCUT2D eigenvalue weighted by Gasteiger charge is 2.47. The number of imidazole rings is 3. The smallest absolute Gasteiger partial charge is 0.283 e. The molecule has 4 aliphatic carbocycles. The van der Waals surface area contributed by atoms with Crippen LogP contribution in [-0.2, 0) is 93.6 Å². The standard InChI is InChI=1S/C43H51N4O9S.C38H47N4O4S.C36H39N4O3S2/c1-5-44-31-11-7-9-13-33(31)46(19-21-53-3)36(44)23-29-38(49)30(24-37-45(6-2)32-12-8-10-14-34(32)47(37)20-22-54-4)42(29)57-26-27-15-17-28(18-16-27)55-41-35(25-48)56-43(52)40(51)39(41)50;1-5-39-30-16-10-12-18-32(30)41(20-22-45-3)35(39)24-28-37(44)29(38(28)47-26-34(43)27-14-8-7-9-15-27)25-36-40(6-2)31-17-11-13-19-33(31)42(36)21-23-46-4;1-4-37-29-10-6-8-12-31(29)39(18-20-41)33(37)22-27-35(43)28(36(27)45-24-25-14-16-26(44-3)17-15-25)23-34-38(5-2)30-11-7-9-13-32(30)40(34)19-21-42/h7-18,23-24,35,39-41,43,48,50-52H,5-6,19-22,25-26H2,1-4H3;10-13,16-19,24-25,27H,5-9,14-15,20-23,26H2,1-4H3;6-17,22-23,41-42H,4-5,18-21,24H2,1-3H3/q3*+1/t35?,39-,40?,41+,43-;;/m0../s1. The van der Waals surface area contributed by atoms with Gasteiger partial charge in [-0.3, -0.25) is 19.2 Å². The Hall–Kier alpha value is -11.9. The van der Waals surface area contributed by atoms with Crippen molar-refractivity contribution >= 4 is 156 Å². The van der Waals surface area contributed by atoms with Crippen LogP contribution >= 0.6 is 47.0 Å². The summed E-state index contributed by atoms with van der Waals surface area (Å²) in [5.41, 5.74) is 19.1. The van der Waals surface area contributed by atoms with E-state index in [4.69, 9.17) is 28.4 Å². The Morgan fingerprint density at radius 1 is 0.409 bits per heavy atom. The van der Waals surface area contributed by atoms with Crippen LogP contribution in [0.2, 0.25) is 0 Å². The van der Waals surface area contributed by atoms with Crippen LogP contribution in [0.4, 0.5) is 34.1 Å². The minimum absolute atomic E-state index is 0.00144. The first-order chi connectivity index (χ1) is 72.8. The van der Waals surface area contributed by atoms with Crippen LogP contribution in [0.3, 0.4) is 0 Å². The summed E-state index contributed by atoms with van der Waals surface area (Å²) in [6.45, 7) is 22.2. The van der Waals surface area contributed by atoms with Crippen LogP contribution in [0.1, 0.15) is 102 Å². The van der Waals surface area contributed by atoms with E-state index in [1.165, 1.54) is 28.6 Å². The Kier molecular flexibility index (Phi) is 36.6. The van der Waals surface area contributed by atoms with E-state index in [0.29, 0.717) is 135 Å². The molecular formula is C117H137N12O16S4+3. The molecule has 1 saturated carbocycles. The van der Waals surface area contributed by atoms with Crippen LogP contribution in [0.5, 0.6) is 5.75 Å². The molecule has 0 spiro atoms. The van der Waals surface area contributed by atoms with E-state index in [1.54, 1.807) is 75.9 Å². The number of methoxy groups -OCH3 is 4. The summed E-state index contributed by atoms with van der Waals surface area (Å²) in [5.74, 6) is 8.01. The number of benzene rings is 8. The Morgan fingerprint density at radius 3 is 1.13 bits per heavy atom. The quantitative estimate of drug-likeness (QED) is 0.0118. The topological polar surface area (TPSA) is 291 Å². The van der Waals surface area contributed by atoms with E-state index in [-0.39, 0.29) is 36.5 Å². The number of aliphatic hydroxyl groups is 6. The summed E-state index contributed by atoms with van der Waals surface area (Å²) in [4.78, 5) is 73.5. The largest absolute Gasteiger partial charge is 0.485 e.